The van der Waals surface area contributed by atoms with Crippen molar-refractivity contribution in [2.45, 2.75) is 50.1 Å². The van der Waals surface area contributed by atoms with E-state index in [0.717, 1.165) is 25.7 Å². The molecule has 0 unspecified atom stereocenters. The Bertz CT molecular complexity index is 132. The van der Waals surface area contributed by atoms with Crippen molar-refractivity contribution in [3.05, 3.63) is 0 Å². The van der Waals surface area contributed by atoms with Crippen LogP contribution in [-0.2, 0) is 4.74 Å². The Morgan fingerprint density at radius 1 is 0.818 bits per heavy atom. The molecule has 2 heterocycles. The lowest BCUT2D eigenvalue weighted by Crippen LogP contribution is -2.48. The molecule has 0 radical (unpaired) electrons. The van der Waals surface area contributed by atoms with Crippen molar-refractivity contribution in [2.75, 3.05) is 0 Å². The van der Waals surface area contributed by atoms with Gasteiger partial charge in [-0.25, -0.2) is 0 Å². The van der Waals surface area contributed by atoms with Crippen LogP contribution >= 0.6 is 0 Å². The molecule has 2 aliphatic heterocycles. The van der Waals surface area contributed by atoms with Gasteiger partial charge in [0.15, 0.2) is 0 Å². The van der Waals surface area contributed by atoms with Gasteiger partial charge in [-0.1, -0.05) is 0 Å². The van der Waals surface area contributed by atoms with Crippen LogP contribution in [0.1, 0.15) is 25.7 Å². The lowest BCUT2D eigenvalue weighted by Gasteiger charge is -2.40. The summed E-state index contributed by atoms with van der Waals surface area (Å²) in [6.07, 6.45) is 2.59. The van der Waals surface area contributed by atoms with Crippen molar-refractivity contribution in [2.24, 2.45) is 0 Å². The third-order valence-corrected chi connectivity index (χ3v) is 2.70. The Hall–Kier alpha value is -0.120. The number of aliphatic hydroxyl groups excluding tert-OH is 2. The zero-order valence-electron chi connectivity index (χ0n) is 6.44. The summed E-state index contributed by atoms with van der Waals surface area (Å²) >= 11 is 0. The van der Waals surface area contributed by atoms with Crippen molar-refractivity contribution >= 4 is 0 Å². The molecular weight excluding hydrogens is 144 g/mol. The zero-order valence-corrected chi connectivity index (χ0v) is 6.44. The minimum Gasteiger partial charge on any atom is -0.390 e. The SMILES string of the molecule is O[C@@H]1CC[C@H]2O[C@@H]1CC[C@@H]2O. The maximum atomic E-state index is 9.40. The van der Waals surface area contributed by atoms with E-state index in [9.17, 15) is 10.2 Å². The summed E-state index contributed by atoms with van der Waals surface area (Å²) < 4.78 is 5.45. The molecule has 2 aliphatic rings. The van der Waals surface area contributed by atoms with E-state index in [1.54, 1.807) is 0 Å². The molecule has 0 aromatic rings. The number of hydrogen-bond acceptors (Lipinski definition) is 3. The van der Waals surface area contributed by atoms with Gasteiger partial charge in [0.05, 0.1) is 24.4 Å². The van der Waals surface area contributed by atoms with Gasteiger partial charge in [0.25, 0.3) is 0 Å². The van der Waals surface area contributed by atoms with Gasteiger partial charge in [-0.05, 0) is 25.7 Å². The van der Waals surface area contributed by atoms with E-state index in [1.807, 2.05) is 0 Å². The first-order valence-corrected chi connectivity index (χ1v) is 4.29. The Kier molecular flexibility index (Phi) is 1.87. The van der Waals surface area contributed by atoms with E-state index >= 15 is 0 Å². The second-order valence-electron chi connectivity index (χ2n) is 3.50. The van der Waals surface area contributed by atoms with Gasteiger partial charge in [-0.2, -0.15) is 0 Å². The lowest BCUT2D eigenvalue weighted by molar-refractivity contribution is -0.182. The molecule has 3 heteroatoms. The first-order chi connectivity index (χ1) is 5.27. The average molecular weight is 158 g/mol. The van der Waals surface area contributed by atoms with Crippen LogP contribution in [0, 0.1) is 0 Å². The Morgan fingerprint density at radius 3 is 1.73 bits per heavy atom. The molecule has 0 aliphatic carbocycles. The molecule has 2 saturated heterocycles. The molecule has 4 atom stereocenters. The van der Waals surface area contributed by atoms with Crippen LogP contribution in [0.25, 0.3) is 0 Å². The van der Waals surface area contributed by atoms with E-state index in [0.29, 0.717) is 0 Å². The molecule has 2 N–H and O–H groups in total. The zero-order chi connectivity index (χ0) is 7.84. The predicted molar refractivity (Wildman–Crippen MR) is 39.1 cm³/mol. The fourth-order valence-corrected chi connectivity index (χ4v) is 1.97. The molecule has 0 saturated carbocycles. The van der Waals surface area contributed by atoms with E-state index in [4.69, 9.17) is 4.74 Å². The number of ether oxygens (including phenoxy) is 1. The van der Waals surface area contributed by atoms with E-state index in [1.165, 1.54) is 0 Å². The quantitative estimate of drug-likeness (QED) is 0.523. The summed E-state index contributed by atoms with van der Waals surface area (Å²) in [5.74, 6) is 0. The third kappa shape index (κ3) is 1.28. The van der Waals surface area contributed by atoms with Crippen LogP contribution in [0.15, 0.2) is 0 Å². The molecule has 0 aromatic carbocycles. The van der Waals surface area contributed by atoms with Crippen LogP contribution in [-0.4, -0.2) is 34.6 Å². The standard InChI is InChI=1S/C8H14O3/c9-5-1-3-7-6(10)2-4-8(5)11-7/h5-10H,1-4H2/t5-,6+,7-,8-/m1/s1. The summed E-state index contributed by atoms with van der Waals surface area (Å²) in [7, 11) is 0. The van der Waals surface area contributed by atoms with Crippen LogP contribution in [0.3, 0.4) is 0 Å². The number of rotatable bonds is 0. The monoisotopic (exact) mass is 158 g/mol. The molecule has 0 spiro atoms. The Balaban J connectivity index is 2.02. The van der Waals surface area contributed by atoms with Gasteiger partial charge < -0.3 is 14.9 Å². The van der Waals surface area contributed by atoms with Crippen molar-refractivity contribution in [3.8, 4) is 0 Å². The molecule has 2 fully saturated rings. The van der Waals surface area contributed by atoms with E-state index in [2.05, 4.69) is 0 Å². The second kappa shape index (κ2) is 2.73. The molecule has 2 rings (SSSR count). The highest BCUT2D eigenvalue weighted by molar-refractivity contribution is 4.87. The number of hydrogen-bond donors (Lipinski definition) is 2. The summed E-state index contributed by atoms with van der Waals surface area (Å²) in [4.78, 5) is 0. The minimum atomic E-state index is -0.293. The van der Waals surface area contributed by atoms with Crippen LogP contribution in [0.4, 0.5) is 0 Å². The molecule has 64 valence electrons. The fourth-order valence-electron chi connectivity index (χ4n) is 1.97. The van der Waals surface area contributed by atoms with Gasteiger partial charge in [-0.15, -0.1) is 0 Å². The van der Waals surface area contributed by atoms with Gasteiger partial charge in [-0.3, -0.25) is 0 Å². The second-order valence-corrected chi connectivity index (χ2v) is 3.50. The van der Waals surface area contributed by atoms with Crippen molar-refractivity contribution < 1.29 is 14.9 Å². The van der Waals surface area contributed by atoms with Crippen molar-refractivity contribution in [1.29, 1.82) is 0 Å². The highest BCUT2D eigenvalue weighted by Crippen LogP contribution is 2.30. The largest absolute Gasteiger partial charge is 0.390 e. The van der Waals surface area contributed by atoms with Crippen molar-refractivity contribution in [3.63, 3.8) is 0 Å². The predicted octanol–water partition coefficient (Wildman–Crippen LogP) is 0.0496. The molecule has 11 heavy (non-hydrogen) atoms. The van der Waals surface area contributed by atoms with Gasteiger partial charge in [0.1, 0.15) is 0 Å². The first-order valence-electron chi connectivity index (χ1n) is 4.29. The highest BCUT2D eigenvalue weighted by Gasteiger charge is 2.37. The Labute approximate surface area is 66.0 Å². The molecule has 0 aromatic heterocycles. The molecular formula is C8H14O3. The smallest absolute Gasteiger partial charge is 0.0840 e. The normalized spacial score (nSPS) is 50.7. The van der Waals surface area contributed by atoms with Crippen LogP contribution < -0.4 is 0 Å². The van der Waals surface area contributed by atoms with Gasteiger partial charge >= 0.3 is 0 Å². The third-order valence-electron chi connectivity index (χ3n) is 2.70. The maximum absolute atomic E-state index is 9.40. The highest BCUT2D eigenvalue weighted by atomic mass is 16.5. The van der Waals surface area contributed by atoms with Gasteiger partial charge in [0.2, 0.25) is 0 Å². The Morgan fingerprint density at radius 2 is 1.27 bits per heavy atom. The van der Waals surface area contributed by atoms with Crippen molar-refractivity contribution in [1.82, 2.24) is 0 Å². The molecule has 3 nitrogen and oxygen atoms in total. The number of fused-ring (bicyclic) bond motifs is 2. The average Bonchev–Trinajstić information content (AvgIpc) is 2.02. The molecule has 2 bridgehead atoms. The van der Waals surface area contributed by atoms with E-state index in [-0.39, 0.29) is 24.4 Å². The summed E-state index contributed by atoms with van der Waals surface area (Å²) in [5.41, 5.74) is 0. The minimum absolute atomic E-state index is 0.00264. The van der Waals surface area contributed by atoms with E-state index < -0.39 is 0 Å². The van der Waals surface area contributed by atoms with Crippen LogP contribution in [0.2, 0.25) is 0 Å². The maximum Gasteiger partial charge on any atom is 0.0840 e. The first kappa shape index (κ1) is 7.53. The summed E-state index contributed by atoms with van der Waals surface area (Å²) in [5, 5.41) is 18.8. The van der Waals surface area contributed by atoms with Gasteiger partial charge in [0, 0.05) is 0 Å². The number of aliphatic hydroxyl groups is 2. The topological polar surface area (TPSA) is 49.7 Å². The summed E-state index contributed by atoms with van der Waals surface area (Å²) in [6, 6.07) is 0. The fraction of sp³-hybridized carbons (Fsp3) is 1.00. The summed E-state index contributed by atoms with van der Waals surface area (Å²) in [6.45, 7) is 0. The van der Waals surface area contributed by atoms with Crippen LogP contribution in [0.5, 0.6) is 0 Å². The lowest BCUT2D eigenvalue weighted by atomic mass is 9.88. The molecule has 0 amide bonds.